The van der Waals surface area contributed by atoms with Gasteiger partial charge in [-0.3, -0.25) is 4.79 Å². The molecule has 1 rings (SSSR count). The van der Waals surface area contributed by atoms with Crippen molar-refractivity contribution in [3.63, 3.8) is 0 Å². The molecule has 0 spiro atoms. The van der Waals surface area contributed by atoms with Gasteiger partial charge in [-0.25, -0.2) is 0 Å². The summed E-state index contributed by atoms with van der Waals surface area (Å²) in [5, 5.41) is 0.396. The molecule has 0 N–H and O–H groups in total. The van der Waals surface area contributed by atoms with Gasteiger partial charge < -0.3 is 4.74 Å². The molecule has 0 bridgehead atoms. The number of carbonyl (C=O) groups is 1. The Balaban J connectivity index is 2.98. The third-order valence-corrected chi connectivity index (χ3v) is 2.23. The number of benzene rings is 1. The fourth-order valence-corrected chi connectivity index (χ4v) is 1.51. The quantitative estimate of drug-likeness (QED) is 0.628. The van der Waals surface area contributed by atoms with Crippen LogP contribution in [0.25, 0.3) is 0 Å². The molecule has 0 unspecified atom stereocenters. The minimum Gasteiger partial charge on any atom is -0.406 e. The number of ether oxygens (including phenoxy) is 1. The van der Waals surface area contributed by atoms with Gasteiger partial charge in [-0.05, 0) is 17.7 Å². The summed E-state index contributed by atoms with van der Waals surface area (Å²) in [4.78, 5) is 10.5. The number of halogens is 4. The molecule has 0 saturated heterocycles. The minimum absolute atomic E-state index is 0.175. The molecule has 0 fully saturated rings. The highest BCUT2D eigenvalue weighted by Crippen LogP contribution is 2.25. The van der Waals surface area contributed by atoms with Gasteiger partial charge in [0.2, 0.25) is 0 Å². The average molecular weight is 283 g/mol. The van der Waals surface area contributed by atoms with Crippen LogP contribution in [0.1, 0.15) is 15.9 Å². The van der Waals surface area contributed by atoms with Crippen LogP contribution in [0.4, 0.5) is 13.2 Å². The summed E-state index contributed by atoms with van der Waals surface area (Å²) in [6.07, 6.45) is -4.25. The smallest absolute Gasteiger partial charge is 0.406 e. The van der Waals surface area contributed by atoms with E-state index < -0.39 is 12.1 Å². The zero-order valence-electron chi connectivity index (χ0n) is 7.34. The van der Waals surface area contributed by atoms with Crippen LogP contribution >= 0.6 is 15.9 Å². The Labute approximate surface area is 92.2 Å². The van der Waals surface area contributed by atoms with Crippen LogP contribution in [-0.2, 0) is 5.33 Å². The van der Waals surface area contributed by atoms with E-state index in [0.717, 1.165) is 12.1 Å². The van der Waals surface area contributed by atoms with Crippen molar-refractivity contribution in [3.8, 4) is 5.75 Å². The van der Waals surface area contributed by atoms with Crippen LogP contribution in [0.5, 0.6) is 5.75 Å². The van der Waals surface area contributed by atoms with E-state index in [1.54, 1.807) is 0 Å². The predicted molar refractivity (Wildman–Crippen MR) is 51.1 cm³/mol. The summed E-state index contributed by atoms with van der Waals surface area (Å²) in [5.41, 5.74) is 0.785. The molecule has 0 heterocycles. The maximum atomic E-state index is 11.8. The minimum atomic E-state index is -4.74. The van der Waals surface area contributed by atoms with Crippen molar-refractivity contribution in [2.45, 2.75) is 11.7 Å². The van der Waals surface area contributed by atoms with E-state index in [2.05, 4.69) is 20.7 Å². The molecular formula is C9H6BrF3O2. The molecule has 15 heavy (non-hydrogen) atoms. The van der Waals surface area contributed by atoms with Crippen LogP contribution in [0.15, 0.2) is 18.2 Å². The summed E-state index contributed by atoms with van der Waals surface area (Å²) in [6, 6.07) is 3.62. The van der Waals surface area contributed by atoms with Crippen molar-refractivity contribution in [2.24, 2.45) is 0 Å². The van der Waals surface area contributed by atoms with Gasteiger partial charge in [0, 0.05) is 10.9 Å². The Morgan fingerprint density at radius 1 is 1.40 bits per heavy atom. The highest BCUT2D eigenvalue weighted by molar-refractivity contribution is 9.08. The third kappa shape index (κ3) is 3.54. The van der Waals surface area contributed by atoms with Crippen LogP contribution in [0.2, 0.25) is 0 Å². The molecule has 1 aromatic rings. The summed E-state index contributed by atoms with van der Waals surface area (Å²) in [6.45, 7) is 0. The zero-order chi connectivity index (χ0) is 11.5. The lowest BCUT2D eigenvalue weighted by Crippen LogP contribution is -2.17. The Morgan fingerprint density at radius 2 is 2.07 bits per heavy atom. The van der Waals surface area contributed by atoms with E-state index >= 15 is 0 Å². The third-order valence-electron chi connectivity index (χ3n) is 1.62. The van der Waals surface area contributed by atoms with E-state index in [1.165, 1.54) is 6.07 Å². The van der Waals surface area contributed by atoms with Gasteiger partial charge in [0.15, 0.2) is 0 Å². The summed E-state index contributed by atoms with van der Waals surface area (Å²) in [7, 11) is 0. The van der Waals surface area contributed by atoms with Gasteiger partial charge in [0.1, 0.15) is 12.0 Å². The van der Waals surface area contributed by atoms with Gasteiger partial charge in [0.25, 0.3) is 0 Å². The second-order valence-electron chi connectivity index (χ2n) is 2.66. The Hall–Kier alpha value is -1.04. The fourth-order valence-electron chi connectivity index (χ4n) is 1.00. The molecular weight excluding hydrogens is 277 g/mol. The van der Waals surface area contributed by atoms with Crippen molar-refractivity contribution in [3.05, 3.63) is 29.3 Å². The normalized spacial score (nSPS) is 11.2. The number of alkyl halides is 4. The van der Waals surface area contributed by atoms with E-state index in [1.807, 2.05) is 0 Å². The molecule has 6 heteroatoms. The highest BCUT2D eigenvalue weighted by atomic mass is 79.9. The van der Waals surface area contributed by atoms with Gasteiger partial charge in [-0.1, -0.05) is 22.0 Å². The fraction of sp³-hybridized carbons (Fsp3) is 0.222. The van der Waals surface area contributed by atoms with Gasteiger partial charge in [-0.15, -0.1) is 13.2 Å². The first-order chi connectivity index (χ1) is 6.96. The van der Waals surface area contributed by atoms with Crippen molar-refractivity contribution >= 4 is 22.2 Å². The van der Waals surface area contributed by atoms with Crippen molar-refractivity contribution in [2.75, 3.05) is 0 Å². The predicted octanol–water partition coefficient (Wildman–Crippen LogP) is 3.29. The van der Waals surface area contributed by atoms with Gasteiger partial charge >= 0.3 is 6.36 Å². The molecule has 0 saturated carbocycles. The lowest BCUT2D eigenvalue weighted by Gasteiger charge is -2.10. The zero-order valence-corrected chi connectivity index (χ0v) is 8.93. The molecule has 2 nitrogen and oxygen atoms in total. The molecule has 82 valence electrons. The first-order valence-corrected chi connectivity index (χ1v) is 4.98. The van der Waals surface area contributed by atoms with E-state index in [-0.39, 0.29) is 5.56 Å². The molecule has 0 aliphatic carbocycles. The number of aldehydes is 1. The lowest BCUT2D eigenvalue weighted by atomic mass is 10.1. The highest BCUT2D eigenvalue weighted by Gasteiger charge is 2.31. The van der Waals surface area contributed by atoms with Crippen molar-refractivity contribution in [1.82, 2.24) is 0 Å². The van der Waals surface area contributed by atoms with Gasteiger partial charge in [0.05, 0.1) is 0 Å². The summed E-state index contributed by atoms with van der Waals surface area (Å²) < 4.78 is 39.2. The van der Waals surface area contributed by atoms with Gasteiger partial charge in [-0.2, -0.15) is 0 Å². The number of hydrogen-bond acceptors (Lipinski definition) is 2. The molecule has 0 amide bonds. The Morgan fingerprint density at radius 3 is 2.53 bits per heavy atom. The molecule has 0 aromatic heterocycles. The number of hydrogen-bond donors (Lipinski definition) is 0. The van der Waals surface area contributed by atoms with E-state index in [9.17, 15) is 18.0 Å². The average Bonchev–Trinajstić information content (AvgIpc) is 2.15. The first-order valence-electron chi connectivity index (χ1n) is 3.86. The summed E-state index contributed by atoms with van der Waals surface area (Å²) >= 11 is 3.11. The van der Waals surface area contributed by atoms with Crippen molar-refractivity contribution < 1.29 is 22.7 Å². The SMILES string of the molecule is O=Cc1cc(OC(F)(F)F)ccc1CBr. The van der Waals surface area contributed by atoms with Crippen molar-refractivity contribution in [1.29, 1.82) is 0 Å². The Bertz CT molecular complexity index is 363. The molecule has 1 aromatic carbocycles. The van der Waals surface area contributed by atoms with Crippen LogP contribution < -0.4 is 4.74 Å². The second kappa shape index (κ2) is 4.65. The second-order valence-corrected chi connectivity index (χ2v) is 3.22. The lowest BCUT2D eigenvalue weighted by molar-refractivity contribution is -0.274. The first kappa shape index (κ1) is 12.0. The van der Waals surface area contributed by atoms with Crippen LogP contribution in [-0.4, -0.2) is 12.6 Å². The molecule has 0 radical (unpaired) electrons. The molecule has 0 aliphatic rings. The monoisotopic (exact) mass is 282 g/mol. The van der Waals surface area contributed by atoms with E-state index in [4.69, 9.17) is 0 Å². The van der Waals surface area contributed by atoms with Crippen LogP contribution in [0, 0.1) is 0 Å². The maximum absolute atomic E-state index is 11.8. The van der Waals surface area contributed by atoms with E-state index in [0.29, 0.717) is 17.2 Å². The largest absolute Gasteiger partial charge is 0.573 e. The standard InChI is InChI=1S/C9H6BrF3O2/c10-4-6-1-2-8(3-7(6)5-14)15-9(11,12)13/h1-3,5H,4H2. The topological polar surface area (TPSA) is 26.3 Å². The molecule has 0 atom stereocenters. The molecule has 0 aliphatic heterocycles. The van der Waals surface area contributed by atoms with Crippen LogP contribution in [0.3, 0.4) is 0 Å². The summed E-state index contributed by atoms with van der Waals surface area (Å²) in [5.74, 6) is -0.394. The maximum Gasteiger partial charge on any atom is 0.573 e. The number of carbonyl (C=O) groups excluding carboxylic acids is 1. The number of rotatable bonds is 3. The Kier molecular flexibility index (Phi) is 3.73.